The van der Waals surface area contributed by atoms with Crippen molar-refractivity contribution < 1.29 is 9.59 Å². The number of anilines is 1. The zero-order chi connectivity index (χ0) is 22.5. The number of hydrogen-bond donors (Lipinski definition) is 2. The molecule has 1 heterocycles. The fraction of sp³-hybridized carbons (Fsp3) is 0.360. The number of nitrogens with zero attached hydrogens (tertiary/aromatic N) is 2. The Morgan fingerprint density at radius 2 is 1.84 bits per heavy atom. The molecule has 0 aliphatic heterocycles. The first-order valence-corrected chi connectivity index (χ1v) is 11.1. The van der Waals surface area contributed by atoms with Gasteiger partial charge in [0.2, 0.25) is 11.8 Å². The number of aromatic nitrogens is 2. The van der Waals surface area contributed by atoms with Crippen molar-refractivity contribution in [3.8, 4) is 0 Å². The fourth-order valence-electron chi connectivity index (χ4n) is 4.23. The molecule has 1 aromatic heterocycles. The van der Waals surface area contributed by atoms with E-state index in [4.69, 9.17) is 0 Å². The lowest BCUT2D eigenvalue weighted by Crippen LogP contribution is -2.34. The van der Waals surface area contributed by atoms with Gasteiger partial charge in [0.1, 0.15) is 12.2 Å². The molecule has 2 aromatic carbocycles. The number of carbonyl (C=O) groups excluding carboxylic acids is 2. The van der Waals surface area contributed by atoms with E-state index in [9.17, 15) is 14.4 Å². The van der Waals surface area contributed by atoms with Crippen LogP contribution in [-0.2, 0) is 22.6 Å². The maximum atomic E-state index is 13.2. The van der Waals surface area contributed by atoms with Crippen molar-refractivity contribution in [2.24, 2.45) is 0 Å². The number of amides is 2. The molecule has 1 aliphatic rings. The van der Waals surface area contributed by atoms with Crippen LogP contribution in [0.15, 0.2) is 53.3 Å². The summed E-state index contributed by atoms with van der Waals surface area (Å²) >= 11 is 0. The Morgan fingerprint density at radius 1 is 1.06 bits per heavy atom. The SMILES string of the molecule is Cc1cccc(NC(=O)Cn2c(=O)c(CCC(=O)NC3CCCC3)nc3ccccc32)c1. The second kappa shape index (κ2) is 9.77. The Kier molecular flexibility index (Phi) is 6.63. The van der Waals surface area contributed by atoms with Crippen molar-refractivity contribution in [2.45, 2.75) is 58.0 Å². The van der Waals surface area contributed by atoms with Crippen LogP contribution in [0.25, 0.3) is 11.0 Å². The number of fused-ring (bicyclic) bond motifs is 1. The minimum atomic E-state index is -0.336. The minimum Gasteiger partial charge on any atom is -0.353 e. The second-order valence-corrected chi connectivity index (χ2v) is 8.41. The van der Waals surface area contributed by atoms with E-state index in [1.807, 2.05) is 49.4 Å². The highest BCUT2D eigenvalue weighted by atomic mass is 16.2. The second-order valence-electron chi connectivity index (χ2n) is 8.41. The van der Waals surface area contributed by atoms with E-state index in [0.29, 0.717) is 22.4 Å². The lowest BCUT2D eigenvalue weighted by molar-refractivity contribution is -0.121. The summed E-state index contributed by atoms with van der Waals surface area (Å²) in [6, 6.07) is 15.0. The molecule has 0 atom stereocenters. The molecule has 1 fully saturated rings. The van der Waals surface area contributed by atoms with Gasteiger partial charge in [0.15, 0.2) is 0 Å². The molecular weight excluding hydrogens is 404 g/mol. The van der Waals surface area contributed by atoms with E-state index in [1.165, 1.54) is 4.57 Å². The zero-order valence-corrected chi connectivity index (χ0v) is 18.3. The van der Waals surface area contributed by atoms with Crippen molar-refractivity contribution in [1.82, 2.24) is 14.9 Å². The Labute approximate surface area is 186 Å². The van der Waals surface area contributed by atoms with Crippen LogP contribution in [0.2, 0.25) is 0 Å². The standard InChI is InChI=1S/C25H28N4O3/c1-17-7-6-10-19(15-17)27-24(31)16-29-22-12-5-4-11-20(22)28-21(25(29)32)13-14-23(30)26-18-8-2-3-9-18/h4-7,10-12,15,18H,2-3,8-9,13-14,16H2,1H3,(H,26,30)(H,27,31). The number of carbonyl (C=O) groups is 2. The molecular formula is C25H28N4O3. The predicted octanol–water partition coefficient (Wildman–Crippen LogP) is 3.34. The molecule has 2 amide bonds. The maximum Gasteiger partial charge on any atom is 0.273 e. The zero-order valence-electron chi connectivity index (χ0n) is 18.3. The number of para-hydroxylation sites is 2. The molecule has 1 aliphatic carbocycles. The van der Waals surface area contributed by atoms with Gasteiger partial charge in [0, 0.05) is 24.6 Å². The summed E-state index contributed by atoms with van der Waals surface area (Å²) in [7, 11) is 0. The molecule has 1 saturated carbocycles. The van der Waals surface area contributed by atoms with Crippen molar-refractivity contribution in [2.75, 3.05) is 5.32 Å². The lowest BCUT2D eigenvalue weighted by atomic mass is 10.2. The molecule has 32 heavy (non-hydrogen) atoms. The van der Waals surface area contributed by atoms with E-state index in [2.05, 4.69) is 15.6 Å². The smallest absolute Gasteiger partial charge is 0.273 e. The van der Waals surface area contributed by atoms with Gasteiger partial charge in [0.25, 0.3) is 5.56 Å². The molecule has 4 rings (SSSR count). The van der Waals surface area contributed by atoms with Gasteiger partial charge < -0.3 is 10.6 Å². The van der Waals surface area contributed by atoms with E-state index < -0.39 is 0 Å². The Bertz CT molecular complexity index is 1200. The highest BCUT2D eigenvalue weighted by molar-refractivity contribution is 5.91. The van der Waals surface area contributed by atoms with Gasteiger partial charge in [-0.2, -0.15) is 0 Å². The molecule has 166 valence electrons. The number of aryl methyl sites for hydroxylation is 2. The van der Waals surface area contributed by atoms with Gasteiger partial charge in [-0.25, -0.2) is 4.98 Å². The van der Waals surface area contributed by atoms with Gasteiger partial charge >= 0.3 is 0 Å². The Balaban J connectivity index is 1.53. The minimum absolute atomic E-state index is 0.0602. The average Bonchev–Trinajstić information content (AvgIpc) is 3.27. The number of benzene rings is 2. The van der Waals surface area contributed by atoms with E-state index in [-0.39, 0.29) is 42.8 Å². The van der Waals surface area contributed by atoms with Crippen LogP contribution in [0.5, 0.6) is 0 Å². The van der Waals surface area contributed by atoms with Gasteiger partial charge in [-0.3, -0.25) is 19.0 Å². The quantitative estimate of drug-likeness (QED) is 0.599. The van der Waals surface area contributed by atoms with Gasteiger partial charge in [0.05, 0.1) is 11.0 Å². The summed E-state index contributed by atoms with van der Waals surface area (Å²) in [6.07, 6.45) is 4.76. The van der Waals surface area contributed by atoms with Gasteiger partial charge in [-0.15, -0.1) is 0 Å². The lowest BCUT2D eigenvalue weighted by Gasteiger charge is -2.14. The van der Waals surface area contributed by atoms with Crippen molar-refractivity contribution in [3.05, 3.63) is 70.1 Å². The van der Waals surface area contributed by atoms with Crippen molar-refractivity contribution in [1.29, 1.82) is 0 Å². The van der Waals surface area contributed by atoms with E-state index in [1.54, 1.807) is 6.07 Å². The summed E-state index contributed by atoms with van der Waals surface area (Å²) in [5.41, 5.74) is 2.90. The van der Waals surface area contributed by atoms with Crippen LogP contribution in [0.1, 0.15) is 43.4 Å². The molecule has 0 radical (unpaired) electrons. The molecule has 0 bridgehead atoms. The van der Waals surface area contributed by atoms with Crippen LogP contribution in [0.3, 0.4) is 0 Å². The summed E-state index contributed by atoms with van der Waals surface area (Å²) in [5.74, 6) is -0.353. The van der Waals surface area contributed by atoms with Crippen LogP contribution in [0, 0.1) is 6.92 Å². The molecule has 0 saturated heterocycles. The Hall–Kier alpha value is -3.48. The molecule has 0 spiro atoms. The summed E-state index contributed by atoms with van der Waals surface area (Å²) in [6.45, 7) is 1.82. The average molecular weight is 433 g/mol. The molecule has 3 aromatic rings. The van der Waals surface area contributed by atoms with E-state index >= 15 is 0 Å². The highest BCUT2D eigenvalue weighted by Crippen LogP contribution is 2.18. The number of rotatable bonds is 7. The molecule has 7 nitrogen and oxygen atoms in total. The normalized spacial score (nSPS) is 13.9. The number of hydrogen-bond acceptors (Lipinski definition) is 4. The van der Waals surface area contributed by atoms with Crippen LogP contribution < -0.4 is 16.2 Å². The van der Waals surface area contributed by atoms with Crippen molar-refractivity contribution >= 4 is 28.5 Å². The largest absolute Gasteiger partial charge is 0.353 e. The Morgan fingerprint density at radius 3 is 2.62 bits per heavy atom. The van der Waals surface area contributed by atoms with Crippen LogP contribution in [-0.4, -0.2) is 27.4 Å². The van der Waals surface area contributed by atoms with E-state index in [0.717, 1.165) is 31.2 Å². The summed E-state index contributed by atoms with van der Waals surface area (Å²) in [5, 5.41) is 5.89. The highest BCUT2D eigenvalue weighted by Gasteiger charge is 2.18. The van der Waals surface area contributed by atoms with Gasteiger partial charge in [-0.05, 0) is 49.6 Å². The topological polar surface area (TPSA) is 93.1 Å². The molecule has 7 heteroatoms. The van der Waals surface area contributed by atoms with Crippen LogP contribution >= 0.6 is 0 Å². The van der Waals surface area contributed by atoms with Gasteiger partial charge in [-0.1, -0.05) is 37.1 Å². The third-order valence-corrected chi connectivity index (χ3v) is 5.83. The first-order chi connectivity index (χ1) is 15.5. The van der Waals surface area contributed by atoms with Crippen molar-refractivity contribution in [3.63, 3.8) is 0 Å². The van der Waals surface area contributed by atoms with Crippen LogP contribution in [0.4, 0.5) is 5.69 Å². The summed E-state index contributed by atoms with van der Waals surface area (Å²) in [4.78, 5) is 42.7. The maximum absolute atomic E-state index is 13.2. The molecule has 2 N–H and O–H groups in total. The third-order valence-electron chi connectivity index (χ3n) is 5.83. The monoisotopic (exact) mass is 432 g/mol. The third kappa shape index (κ3) is 5.22. The predicted molar refractivity (Wildman–Crippen MR) is 125 cm³/mol. The fourth-order valence-corrected chi connectivity index (χ4v) is 4.23. The molecule has 0 unspecified atom stereocenters. The summed E-state index contributed by atoms with van der Waals surface area (Å²) < 4.78 is 1.44. The number of nitrogens with one attached hydrogen (secondary N) is 2. The first-order valence-electron chi connectivity index (χ1n) is 11.1. The first kappa shape index (κ1) is 21.7.